The van der Waals surface area contributed by atoms with Crippen LogP contribution in [0.2, 0.25) is 0 Å². The summed E-state index contributed by atoms with van der Waals surface area (Å²) < 4.78 is 10.1. The molecule has 0 bridgehead atoms. The first-order valence-electron chi connectivity index (χ1n) is 5.72. The first-order chi connectivity index (χ1) is 9.20. The number of nitrogens with one attached hydrogen (secondary N) is 1. The van der Waals surface area contributed by atoms with E-state index >= 15 is 0 Å². The van der Waals surface area contributed by atoms with Crippen LogP contribution in [0.1, 0.15) is 21.7 Å². The number of rotatable bonds is 4. The Labute approximate surface area is 110 Å². The summed E-state index contributed by atoms with van der Waals surface area (Å²) in [6.45, 7) is 1.72. The van der Waals surface area contributed by atoms with E-state index in [1.54, 1.807) is 26.3 Å². The van der Waals surface area contributed by atoms with Gasteiger partial charge in [-0.05, 0) is 42.8 Å². The van der Waals surface area contributed by atoms with Gasteiger partial charge in [0.05, 0.1) is 25.2 Å². The standard InChI is InChI=1S/C14H14N2O3/c1-10-13(7-8-19-10)14(17)16-15-9-11-3-5-12(18-2)6-4-11/h3-9H,1-2H3,(H,16,17)/b15-9-. The Kier molecular flexibility index (Phi) is 3.97. The molecule has 1 heterocycles. The molecule has 1 N–H and O–H groups in total. The fraction of sp³-hybridized carbons (Fsp3) is 0.143. The van der Waals surface area contributed by atoms with E-state index in [4.69, 9.17) is 9.15 Å². The summed E-state index contributed by atoms with van der Waals surface area (Å²) >= 11 is 0. The number of benzene rings is 1. The minimum atomic E-state index is -0.295. The van der Waals surface area contributed by atoms with E-state index in [1.165, 1.54) is 6.26 Å². The zero-order valence-corrected chi connectivity index (χ0v) is 10.7. The van der Waals surface area contributed by atoms with Crippen molar-refractivity contribution in [2.45, 2.75) is 6.92 Å². The van der Waals surface area contributed by atoms with Crippen molar-refractivity contribution in [1.82, 2.24) is 5.43 Å². The second kappa shape index (κ2) is 5.86. The molecule has 0 aliphatic rings. The van der Waals surface area contributed by atoms with Crippen molar-refractivity contribution in [1.29, 1.82) is 0 Å². The van der Waals surface area contributed by atoms with Gasteiger partial charge in [-0.1, -0.05) is 0 Å². The van der Waals surface area contributed by atoms with E-state index in [2.05, 4.69) is 10.5 Å². The van der Waals surface area contributed by atoms with Crippen LogP contribution in [-0.2, 0) is 0 Å². The van der Waals surface area contributed by atoms with Gasteiger partial charge in [0.1, 0.15) is 11.5 Å². The molecule has 5 heteroatoms. The average Bonchev–Trinajstić information content (AvgIpc) is 2.86. The zero-order valence-electron chi connectivity index (χ0n) is 10.7. The minimum Gasteiger partial charge on any atom is -0.497 e. The van der Waals surface area contributed by atoms with Crippen molar-refractivity contribution in [3.8, 4) is 5.75 Å². The van der Waals surface area contributed by atoms with Gasteiger partial charge in [0, 0.05) is 0 Å². The maximum absolute atomic E-state index is 11.7. The molecule has 0 atom stereocenters. The number of nitrogens with zero attached hydrogens (tertiary/aromatic N) is 1. The van der Waals surface area contributed by atoms with E-state index in [9.17, 15) is 4.79 Å². The third-order valence-corrected chi connectivity index (χ3v) is 2.60. The maximum Gasteiger partial charge on any atom is 0.274 e. The highest BCUT2D eigenvalue weighted by atomic mass is 16.5. The van der Waals surface area contributed by atoms with Crippen LogP contribution in [-0.4, -0.2) is 19.2 Å². The lowest BCUT2D eigenvalue weighted by Crippen LogP contribution is -2.17. The summed E-state index contributed by atoms with van der Waals surface area (Å²) in [5, 5.41) is 3.89. The summed E-state index contributed by atoms with van der Waals surface area (Å²) in [6, 6.07) is 8.94. The average molecular weight is 258 g/mol. The molecule has 2 rings (SSSR count). The molecular weight excluding hydrogens is 244 g/mol. The van der Waals surface area contributed by atoms with Crippen molar-refractivity contribution in [3.63, 3.8) is 0 Å². The van der Waals surface area contributed by atoms with Crippen LogP contribution in [0.3, 0.4) is 0 Å². The first kappa shape index (κ1) is 12.9. The molecule has 1 aromatic carbocycles. The van der Waals surface area contributed by atoms with Gasteiger partial charge in [0.25, 0.3) is 5.91 Å². The maximum atomic E-state index is 11.7. The van der Waals surface area contributed by atoms with Gasteiger partial charge in [-0.25, -0.2) is 5.43 Å². The smallest absolute Gasteiger partial charge is 0.274 e. The Bertz CT molecular complexity index is 585. The molecule has 0 aliphatic heterocycles. The van der Waals surface area contributed by atoms with E-state index in [0.717, 1.165) is 11.3 Å². The topological polar surface area (TPSA) is 63.8 Å². The highest BCUT2D eigenvalue weighted by Crippen LogP contribution is 2.10. The molecule has 0 unspecified atom stereocenters. The molecule has 98 valence electrons. The molecule has 0 saturated heterocycles. The number of aryl methyl sites for hydroxylation is 1. The number of carbonyl (C=O) groups is 1. The largest absolute Gasteiger partial charge is 0.497 e. The van der Waals surface area contributed by atoms with E-state index in [0.29, 0.717) is 11.3 Å². The van der Waals surface area contributed by atoms with Gasteiger partial charge < -0.3 is 9.15 Å². The summed E-state index contributed by atoms with van der Waals surface area (Å²) in [5.74, 6) is 1.04. The zero-order chi connectivity index (χ0) is 13.7. The summed E-state index contributed by atoms with van der Waals surface area (Å²) in [7, 11) is 1.61. The van der Waals surface area contributed by atoms with Crippen molar-refractivity contribution < 1.29 is 13.9 Å². The molecule has 0 aliphatic carbocycles. The normalized spacial score (nSPS) is 10.6. The number of ether oxygens (including phenoxy) is 1. The molecule has 0 saturated carbocycles. The second-order valence-corrected chi connectivity index (χ2v) is 3.86. The van der Waals surface area contributed by atoms with Gasteiger partial charge in [-0.3, -0.25) is 4.79 Å². The number of amides is 1. The fourth-order valence-corrected chi connectivity index (χ4v) is 1.54. The third-order valence-electron chi connectivity index (χ3n) is 2.60. The van der Waals surface area contributed by atoms with E-state index in [1.807, 2.05) is 24.3 Å². The van der Waals surface area contributed by atoms with Crippen molar-refractivity contribution in [3.05, 3.63) is 53.5 Å². The van der Waals surface area contributed by atoms with Crippen LogP contribution < -0.4 is 10.2 Å². The first-order valence-corrected chi connectivity index (χ1v) is 5.72. The van der Waals surface area contributed by atoms with Crippen LogP contribution in [0.15, 0.2) is 46.1 Å². The summed E-state index contributed by atoms with van der Waals surface area (Å²) in [4.78, 5) is 11.7. The Morgan fingerprint density at radius 2 is 2.05 bits per heavy atom. The lowest BCUT2D eigenvalue weighted by molar-refractivity contribution is 0.0953. The van der Waals surface area contributed by atoms with Gasteiger partial charge in [-0.2, -0.15) is 5.10 Å². The van der Waals surface area contributed by atoms with Gasteiger partial charge in [0.15, 0.2) is 0 Å². The molecule has 5 nitrogen and oxygen atoms in total. The molecule has 19 heavy (non-hydrogen) atoms. The Morgan fingerprint density at radius 1 is 1.32 bits per heavy atom. The lowest BCUT2D eigenvalue weighted by Gasteiger charge is -1.99. The number of hydrogen-bond donors (Lipinski definition) is 1. The van der Waals surface area contributed by atoms with Crippen molar-refractivity contribution in [2.75, 3.05) is 7.11 Å². The van der Waals surface area contributed by atoms with E-state index in [-0.39, 0.29) is 5.91 Å². The molecule has 0 radical (unpaired) electrons. The Hall–Kier alpha value is -2.56. The van der Waals surface area contributed by atoms with Gasteiger partial charge in [-0.15, -0.1) is 0 Å². The van der Waals surface area contributed by atoms with Crippen LogP contribution in [0.25, 0.3) is 0 Å². The fourth-order valence-electron chi connectivity index (χ4n) is 1.54. The molecular formula is C14H14N2O3. The van der Waals surface area contributed by atoms with Crippen molar-refractivity contribution >= 4 is 12.1 Å². The quantitative estimate of drug-likeness (QED) is 0.676. The predicted molar refractivity (Wildman–Crippen MR) is 71.5 cm³/mol. The van der Waals surface area contributed by atoms with Crippen LogP contribution in [0.5, 0.6) is 5.75 Å². The summed E-state index contributed by atoms with van der Waals surface area (Å²) in [6.07, 6.45) is 3.03. The highest BCUT2D eigenvalue weighted by molar-refractivity contribution is 5.95. The summed E-state index contributed by atoms with van der Waals surface area (Å²) in [5.41, 5.74) is 3.79. The highest BCUT2D eigenvalue weighted by Gasteiger charge is 2.09. The van der Waals surface area contributed by atoms with Crippen LogP contribution in [0.4, 0.5) is 0 Å². The number of hydrogen-bond acceptors (Lipinski definition) is 4. The number of carbonyl (C=O) groups excluding carboxylic acids is 1. The molecule has 0 spiro atoms. The second-order valence-electron chi connectivity index (χ2n) is 3.86. The Balaban J connectivity index is 1.96. The minimum absolute atomic E-state index is 0.295. The predicted octanol–water partition coefficient (Wildman–Crippen LogP) is 2.36. The number of furan rings is 1. The third kappa shape index (κ3) is 3.22. The van der Waals surface area contributed by atoms with Gasteiger partial charge in [0.2, 0.25) is 0 Å². The molecule has 1 aromatic heterocycles. The monoisotopic (exact) mass is 258 g/mol. The number of hydrazone groups is 1. The molecule has 2 aromatic rings. The van der Waals surface area contributed by atoms with E-state index < -0.39 is 0 Å². The van der Waals surface area contributed by atoms with Gasteiger partial charge >= 0.3 is 0 Å². The van der Waals surface area contributed by atoms with Crippen molar-refractivity contribution in [2.24, 2.45) is 5.10 Å². The SMILES string of the molecule is COc1ccc(/C=N\NC(=O)c2ccoc2C)cc1. The Morgan fingerprint density at radius 3 is 2.63 bits per heavy atom. The van der Waals surface area contributed by atoms with Crippen LogP contribution in [0, 0.1) is 6.92 Å². The van der Waals surface area contributed by atoms with Crippen LogP contribution >= 0.6 is 0 Å². The lowest BCUT2D eigenvalue weighted by atomic mass is 10.2. The molecule has 0 fully saturated rings. The molecule has 1 amide bonds. The number of methoxy groups -OCH3 is 1.